The van der Waals surface area contributed by atoms with Crippen LogP contribution in [0.2, 0.25) is 0 Å². The molecule has 4 aromatic rings. The minimum absolute atomic E-state index is 0.0382. The van der Waals surface area contributed by atoms with Crippen molar-refractivity contribution < 1.29 is 64.5 Å². The molecule has 0 spiro atoms. The smallest absolute Gasteiger partial charge is 0.419 e. The molecule has 4 saturated heterocycles. The lowest BCUT2D eigenvalue weighted by atomic mass is 10.0. The molecule has 28 heteroatoms. The number of pyridine rings is 2. The van der Waals surface area contributed by atoms with Crippen molar-refractivity contribution in [3.05, 3.63) is 95.6 Å². The highest BCUT2D eigenvalue weighted by molar-refractivity contribution is 7.81. The maximum atomic E-state index is 13.7. The Morgan fingerprint density at radius 2 is 1.01 bits per heavy atom. The van der Waals surface area contributed by atoms with Crippen LogP contribution in [0.1, 0.15) is 50.2 Å². The highest BCUT2D eigenvalue weighted by Crippen LogP contribution is 2.41. The van der Waals surface area contributed by atoms with E-state index in [1.807, 2.05) is 4.90 Å². The van der Waals surface area contributed by atoms with Crippen LogP contribution in [0.5, 0.6) is 11.5 Å². The number of aromatic nitrogens is 2. The van der Waals surface area contributed by atoms with E-state index in [4.69, 9.17) is 43.4 Å². The maximum absolute atomic E-state index is 13.7. The van der Waals surface area contributed by atoms with Crippen LogP contribution in [-0.4, -0.2) is 173 Å². The number of thiocarbonyl (C=S) groups is 2. The van der Waals surface area contributed by atoms with Crippen LogP contribution in [0, 0.1) is 22.7 Å². The first-order valence-electron chi connectivity index (χ1n) is 25.2. The van der Waals surface area contributed by atoms with Crippen molar-refractivity contribution in [2.24, 2.45) is 0 Å². The van der Waals surface area contributed by atoms with Gasteiger partial charge in [0.2, 0.25) is 0 Å². The van der Waals surface area contributed by atoms with E-state index in [1.165, 1.54) is 29.0 Å². The van der Waals surface area contributed by atoms with E-state index in [9.17, 15) is 56.0 Å². The van der Waals surface area contributed by atoms with E-state index < -0.39 is 75.9 Å². The Morgan fingerprint density at radius 3 is 1.38 bits per heavy atom. The van der Waals surface area contributed by atoms with Gasteiger partial charge in [-0.2, -0.15) is 36.9 Å². The molecule has 1 atom stereocenters. The third kappa shape index (κ3) is 12.7. The van der Waals surface area contributed by atoms with E-state index in [2.05, 4.69) is 19.8 Å². The molecule has 2 amide bonds. The molecule has 2 aromatic heterocycles. The second kappa shape index (κ2) is 23.9. The van der Waals surface area contributed by atoms with E-state index in [-0.39, 0.29) is 28.1 Å². The predicted octanol–water partition coefficient (Wildman–Crippen LogP) is 5.83. The van der Waals surface area contributed by atoms with Crippen LogP contribution in [0.3, 0.4) is 0 Å². The lowest BCUT2D eigenvalue weighted by molar-refractivity contribution is -0.182. The van der Waals surface area contributed by atoms with Gasteiger partial charge in [0.25, 0.3) is 18.0 Å². The Kier molecular flexibility index (Phi) is 17.5. The van der Waals surface area contributed by atoms with Crippen LogP contribution >= 0.6 is 24.4 Å². The van der Waals surface area contributed by atoms with Crippen LogP contribution in [0.15, 0.2) is 73.1 Å². The highest BCUT2D eigenvalue weighted by Gasteiger charge is 2.52. The van der Waals surface area contributed by atoms with Gasteiger partial charge in [0.1, 0.15) is 47.9 Å². The number of halogens is 6. The second-order valence-electron chi connectivity index (χ2n) is 20.1. The van der Waals surface area contributed by atoms with Gasteiger partial charge >= 0.3 is 24.3 Å². The Balaban J connectivity index is 0.746. The van der Waals surface area contributed by atoms with Gasteiger partial charge in [0.05, 0.1) is 48.5 Å². The maximum Gasteiger partial charge on any atom is 0.419 e. The Labute approximate surface area is 472 Å². The zero-order valence-corrected chi connectivity index (χ0v) is 46.0. The number of rotatable bonds is 17. The molecule has 8 rings (SSSR count). The number of piperazine rings is 2. The van der Waals surface area contributed by atoms with E-state index in [0.717, 1.165) is 22.2 Å². The molecule has 81 heavy (non-hydrogen) atoms. The number of benzene rings is 2. The molecule has 2 aromatic carbocycles. The fourth-order valence-electron chi connectivity index (χ4n) is 9.75. The summed E-state index contributed by atoms with van der Waals surface area (Å²) in [5.74, 6) is -1.41. The monoisotopic (exact) mass is 1160 g/mol. The summed E-state index contributed by atoms with van der Waals surface area (Å²) in [5, 5.41) is 18.2. The molecule has 0 radical (unpaired) electrons. The Bertz CT molecular complexity index is 3160. The zero-order chi connectivity index (χ0) is 58.8. The summed E-state index contributed by atoms with van der Waals surface area (Å²) in [6.45, 7) is 12.3. The lowest BCUT2D eigenvalue weighted by Gasteiger charge is -2.38. The topological polar surface area (TPSA) is 204 Å². The summed E-state index contributed by atoms with van der Waals surface area (Å²) in [6.07, 6.45) is -8.99. The number of carbonyl (C=O) groups is 4. The first-order chi connectivity index (χ1) is 38.3. The summed E-state index contributed by atoms with van der Waals surface area (Å²) < 4.78 is 105. The number of alkyl halides is 6. The first kappa shape index (κ1) is 59.5. The quantitative estimate of drug-likeness (QED) is 0.0693. The molecule has 0 saturated carbocycles. The Morgan fingerprint density at radius 1 is 0.630 bits per heavy atom. The van der Waals surface area contributed by atoms with Crippen molar-refractivity contribution >= 4 is 81.2 Å². The number of anilines is 4. The molecule has 20 nitrogen and oxygen atoms in total. The number of nitrogens with zero attached hydrogens (tertiary/aromatic N) is 12. The summed E-state index contributed by atoms with van der Waals surface area (Å²) in [5.41, 5.74) is -6.24. The van der Waals surface area contributed by atoms with Crippen molar-refractivity contribution in [2.75, 3.05) is 112 Å². The number of carbonyl (C=O) groups excluding carboxylic acids is 4. The van der Waals surface area contributed by atoms with Crippen molar-refractivity contribution in [3.8, 4) is 23.6 Å². The average molecular weight is 1170 g/mol. The molecule has 4 aliphatic rings. The highest BCUT2D eigenvalue weighted by atomic mass is 32.1. The fraction of sp³-hybridized carbons (Fsp3) is 0.434. The summed E-state index contributed by atoms with van der Waals surface area (Å²) in [7, 11) is 1.23. The molecule has 4 fully saturated rings. The number of amides is 2. The number of nitriles is 2. The fourth-order valence-corrected chi connectivity index (χ4v) is 10.8. The van der Waals surface area contributed by atoms with Crippen molar-refractivity contribution in [2.45, 2.75) is 57.4 Å². The normalized spacial score (nSPS) is 18.7. The number of hydrogen-bond acceptors (Lipinski definition) is 18. The minimum Gasteiger partial charge on any atom is -0.492 e. The molecule has 0 bridgehead atoms. The van der Waals surface area contributed by atoms with Gasteiger partial charge in [-0.25, -0.2) is 14.8 Å². The summed E-state index contributed by atoms with van der Waals surface area (Å²) in [6, 6.07) is 17.7. The zero-order valence-electron chi connectivity index (χ0n) is 44.4. The molecule has 0 N–H and O–H groups in total. The van der Waals surface area contributed by atoms with Gasteiger partial charge in [-0.3, -0.25) is 43.8 Å². The van der Waals surface area contributed by atoms with Gasteiger partial charge in [0.15, 0.2) is 21.6 Å². The number of methoxy groups -OCH3 is 1. The third-order valence-corrected chi connectivity index (χ3v) is 14.9. The molecule has 6 heterocycles. The summed E-state index contributed by atoms with van der Waals surface area (Å²) >= 11 is 11.2. The summed E-state index contributed by atoms with van der Waals surface area (Å²) in [4.78, 5) is 73.6. The van der Waals surface area contributed by atoms with E-state index in [0.29, 0.717) is 114 Å². The largest absolute Gasteiger partial charge is 0.492 e. The van der Waals surface area contributed by atoms with Crippen LogP contribution < -0.4 is 29.1 Å². The van der Waals surface area contributed by atoms with Crippen molar-refractivity contribution in [3.63, 3.8) is 0 Å². The molecular formula is C53H54F6N12O8S2. The van der Waals surface area contributed by atoms with Gasteiger partial charge < -0.3 is 28.7 Å². The second-order valence-corrected chi connectivity index (χ2v) is 20.8. The predicted molar refractivity (Wildman–Crippen MR) is 288 cm³/mol. The number of hydrogen-bond donors (Lipinski definition) is 0. The molecular weight excluding hydrogens is 1110 g/mol. The van der Waals surface area contributed by atoms with Gasteiger partial charge in [-0.15, -0.1) is 0 Å². The molecule has 0 aliphatic carbocycles. The minimum atomic E-state index is -4.89. The number of ether oxygens (including phenoxy) is 4. The van der Waals surface area contributed by atoms with E-state index >= 15 is 0 Å². The van der Waals surface area contributed by atoms with Gasteiger partial charge in [0, 0.05) is 76.8 Å². The molecule has 428 valence electrons. The third-order valence-electron chi connectivity index (χ3n) is 14.2. The average Bonchev–Trinajstić information content (AvgIpc) is 4.02. The van der Waals surface area contributed by atoms with E-state index in [1.54, 1.807) is 81.1 Å². The lowest BCUT2D eigenvalue weighted by Crippen LogP contribution is -2.55. The van der Waals surface area contributed by atoms with Gasteiger partial charge in [-0.1, -0.05) is 0 Å². The molecule has 4 aliphatic heterocycles. The SMILES string of the molecule is COC(=O)C(OC(=O)CN1CCN(CCOc2ccc(N3C(=S)N(c4cnc(C#N)c(C(F)(F)F)c4)C(=O)C3(C)C)cc2)CC1)N1CCN(CCOc2ccc(N3C(=S)N(c4cnc(C#N)c(C(F)(F)F)c4)C(=O)C3(C)C)cc2)CC1. The van der Waals surface area contributed by atoms with Crippen LogP contribution in [-0.2, 0) is 41.0 Å². The first-order valence-corrected chi connectivity index (χ1v) is 26.1. The van der Waals surface area contributed by atoms with Crippen LogP contribution in [0.4, 0.5) is 49.1 Å². The molecule has 1 unspecified atom stereocenters. The number of esters is 2. The van der Waals surface area contributed by atoms with Gasteiger partial charge in [-0.05, 0) is 113 Å². The Hall–Kier alpha value is -7.60. The van der Waals surface area contributed by atoms with Crippen LogP contribution in [0.25, 0.3) is 0 Å². The van der Waals surface area contributed by atoms with Crippen molar-refractivity contribution in [1.82, 2.24) is 29.6 Å². The standard InChI is InChI=1S/C53H54F6N12O8S2/c1-50(2)46(74)68(35-26-39(52(54,55)56)41(28-60)62-30-35)48(80)70(50)33-6-10-37(11-7-33)77-24-22-64-14-16-66(17-15-64)32-43(72)79-44(45(73)76-5)67-20-18-65(19-21-67)23-25-78-38-12-8-34(9-13-38)71-49(81)69(47(75)51(71,3)4)36-27-40(53(57,58)59)42(29-61)63-31-36/h6-13,26-27,30-31,44H,14-25,32H2,1-5H3. The van der Waals surface area contributed by atoms with Crippen molar-refractivity contribution in [1.29, 1.82) is 10.5 Å².